The summed E-state index contributed by atoms with van der Waals surface area (Å²) in [5.74, 6) is -2.97. The molecule has 90 valence electrons. The van der Waals surface area contributed by atoms with Crippen LogP contribution in [0.5, 0.6) is 0 Å². The summed E-state index contributed by atoms with van der Waals surface area (Å²) in [6.45, 7) is 0. The monoisotopic (exact) mass is 257 g/mol. The van der Waals surface area contributed by atoms with Gasteiger partial charge >= 0.3 is 0 Å². The van der Waals surface area contributed by atoms with E-state index in [-0.39, 0.29) is 5.56 Å². The number of benzene rings is 1. The van der Waals surface area contributed by atoms with Crippen molar-refractivity contribution in [2.24, 2.45) is 0 Å². The van der Waals surface area contributed by atoms with Crippen molar-refractivity contribution in [3.8, 4) is 0 Å². The van der Waals surface area contributed by atoms with E-state index in [0.29, 0.717) is 6.07 Å². The smallest absolute Gasteiger partial charge is 0.161 e. The second-order valence-electron chi connectivity index (χ2n) is 3.57. The van der Waals surface area contributed by atoms with E-state index < -0.39 is 23.5 Å². The van der Waals surface area contributed by atoms with E-state index in [1.807, 2.05) is 16.8 Å². The summed E-state index contributed by atoms with van der Waals surface area (Å²) in [5, 5.41) is 6.57. The number of hydrogen-bond donors (Lipinski definition) is 1. The van der Waals surface area contributed by atoms with Crippen LogP contribution in [0.3, 0.4) is 0 Å². The molecule has 0 saturated heterocycles. The molecule has 0 aliphatic heterocycles. The Morgan fingerprint density at radius 1 is 1.12 bits per heavy atom. The molecule has 2 rings (SSSR count). The molecule has 2 aromatic rings. The van der Waals surface area contributed by atoms with Gasteiger partial charge in [-0.1, -0.05) is 0 Å². The van der Waals surface area contributed by atoms with Gasteiger partial charge in [0.15, 0.2) is 11.6 Å². The summed E-state index contributed by atoms with van der Waals surface area (Å²) in [7, 11) is 1.64. The molecule has 1 atom stereocenters. The van der Waals surface area contributed by atoms with Crippen molar-refractivity contribution in [2.45, 2.75) is 6.04 Å². The molecule has 0 aliphatic rings. The summed E-state index contributed by atoms with van der Waals surface area (Å²) in [6.07, 6.45) is 0. The van der Waals surface area contributed by atoms with Crippen molar-refractivity contribution in [3.63, 3.8) is 0 Å². The maximum atomic E-state index is 13.6. The third kappa shape index (κ3) is 2.35. The number of rotatable bonds is 3. The molecule has 0 aliphatic carbocycles. The normalized spacial score (nSPS) is 12.7. The summed E-state index contributed by atoms with van der Waals surface area (Å²) in [6, 6.07) is 2.80. The highest BCUT2D eigenvalue weighted by Gasteiger charge is 2.19. The van der Waals surface area contributed by atoms with E-state index in [1.54, 1.807) is 7.05 Å². The minimum absolute atomic E-state index is 0.102. The van der Waals surface area contributed by atoms with Gasteiger partial charge in [0.25, 0.3) is 0 Å². The van der Waals surface area contributed by atoms with Crippen LogP contribution in [0, 0.1) is 17.5 Å². The van der Waals surface area contributed by atoms with Crippen molar-refractivity contribution in [1.29, 1.82) is 0 Å². The van der Waals surface area contributed by atoms with Gasteiger partial charge < -0.3 is 5.32 Å². The van der Waals surface area contributed by atoms with Crippen molar-refractivity contribution in [2.75, 3.05) is 7.05 Å². The molecule has 0 fully saturated rings. The maximum Gasteiger partial charge on any atom is 0.161 e. The first-order chi connectivity index (χ1) is 8.13. The van der Waals surface area contributed by atoms with Crippen LogP contribution in [0.4, 0.5) is 13.2 Å². The highest BCUT2D eigenvalue weighted by molar-refractivity contribution is 7.08. The Bertz CT molecular complexity index is 511. The third-order valence-corrected chi connectivity index (χ3v) is 3.22. The van der Waals surface area contributed by atoms with Gasteiger partial charge in [-0.3, -0.25) is 0 Å². The molecule has 1 nitrogen and oxygen atoms in total. The summed E-state index contributed by atoms with van der Waals surface area (Å²) >= 11 is 1.46. The first-order valence-corrected chi connectivity index (χ1v) is 5.91. The fourth-order valence-electron chi connectivity index (χ4n) is 1.70. The molecule has 5 heteroatoms. The molecule has 0 spiro atoms. The minimum Gasteiger partial charge on any atom is -0.309 e. The van der Waals surface area contributed by atoms with Gasteiger partial charge in [-0.2, -0.15) is 11.3 Å². The van der Waals surface area contributed by atoms with Crippen LogP contribution in [0.15, 0.2) is 29.0 Å². The number of halogens is 3. The number of hydrogen-bond acceptors (Lipinski definition) is 2. The van der Waals surface area contributed by atoms with Crippen LogP contribution in [0.1, 0.15) is 17.2 Å². The van der Waals surface area contributed by atoms with Gasteiger partial charge in [-0.15, -0.1) is 0 Å². The van der Waals surface area contributed by atoms with Gasteiger partial charge in [-0.25, -0.2) is 13.2 Å². The maximum absolute atomic E-state index is 13.6. The summed E-state index contributed by atoms with van der Waals surface area (Å²) in [4.78, 5) is 0. The van der Waals surface area contributed by atoms with Crippen LogP contribution < -0.4 is 5.32 Å². The first kappa shape index (κ1) is 12.1. The molecule has 0 bridgehead atoms. The molecule has 1 N–H and O–H groups in total. The van der Waals surface area contributed by atoms with E-state index in [2.05, 4.69) is 5.32 Å². The molecular formula is C12H10F3NS. The largest absolute Gasteiger partial charge is 0.309 e. The fourth-order valence-corrected chi connectivity index (χ4v) is 2.39. The molecule has 17 heavy (non-hydrogen) atoms. The Hall–Kier alpha value is -1.33. The second kappa shape index (κ2) is 4.89. The van der Waals surface area contributed by atoms with Crippen LogP contribution in [-0.4, -0.2) is 7.05 Å². The average Bonchev–Trinajstić information content (AvgIpc) is 2.80. The van der Waals surface area contributed by atoms with Crippen LogP contribution in [0.2, 0.25) is 0 Å². The Kier molecular flexibility index (Phi) is 3.49. The Morgan fingerprint density at radius 2 is 1.82 bits per heavy atom. The van der Waals surface area contributed by atoms with E-state index in [1.165, 1.54) is 11.3 Å². The van der Waals surface area contributed by atoms with Crippen LogP contribution >= 0.6 is 11.3 Å². The quantitative estimate of drug-likeness (QED) is 0.830. The Labute approximate surface area is 101 Å². The summed E-state index contributed by atoms with van der Waals surface area (Å²) in [5.41, 5.74) is 0.923. The number of nitrogens with one attached hydrogen (secondary N) is 1. The topological polar surface area (TPSA) is 12.0 Å². The fraction of sp³-hybridized carbons (Fsp3) is 0.167. The predicted octanol–water partition coefficient (Wildman–Crippen LogP) is 3.47. The standard InChI is InChI=1S/C12H10F3NS/c1-16-12(7-2-3-17-6-7)8-4-10(14)11(15)5-9(8)13/h2-6,12,16H,1H3. The minimum atomic E-state index is -1.17. The molecule has 0 radical (unpaired) electrons. The van der Waals surface area contributed by atoms with Crippen molar-refractivity contribution < 1.29 is 13.2 Å². The molecule has 1 unspecified atom stereocenters. The summed E-state index contributed by atoms with van der Waals surface area (Å²) < 4.78 is 39.6. The van der Waals surface area contributed by atoms with Gasteiger partial charge in [-0.05, 0) is 35.5 Å². The Morgan fingerprint density at radius 3 is 2.41 bits per heavy atom. The molecule has 1 aromatic heterocycles. The zero-order valence-corrected chi connectivity index (χ0v) is 9.82. The zero-order chi connectivity index (χ0) is 12.4. The van der Waals surface area contributed by atoms with E-state index in [0.717, 1.165) is 11.6 Å². The molecule has 1 aromatic carbocycles. The second-order valence-corrected chi connectivity index (χ2v) is 4.35. The van der Waals surface area contributed by atoms with Gasteiger partial charge in [0.2, 0.25) is 0 Å². The van der Waals surface area contributed by atoms with Crippen molar-refractivity contribution in [3.05, 3.63) is 57.5 Å². The lowest BCUT2D eigenvalue weighted by atomic mass is 10.0. The molecule has 0 amide bonds. The first-order valence-electron chi connectivity index (χ1n) is 4.97. The van der Waals surface area contributed by atoms with Crippen LogP contribution in [0.25, 0.3) is 0 Å². The van der Waals surface area contributed by atoms with E-state index in [9.17, 15) is 13.2 Å². The van der Waals surface area contributed by atoms with E-state index in [4.69, 9.17) is 0 Å². The Balaban J connectivity index is 2.48. The predicted molar refractivity (Wildman–Crippen MR) is 61.5 cm³/mol. The SMILES string of the molecule is CNC(c1ccsc1)c1cc(F)c(F)cc1F. The number of thiophene rings is 1. The third-order valence-electron chi connectivity index (χ3n) is 2.52. The molecule has 1 heterocycles. The highest BCUT2D eigenvalue weighted by atomic mass is 32.1. The lowest BCUT2D eigenvalue weighted by Crippen LogP contribution is -2.18. The van der Waals surface area contributed by atoms with Gasteiger partial charge in [0.05, 0.1) is 6.04 Å². The molecular weight excluding hydrogens is 247 g/mol. The van der Waals surface area contributed by atoms with E-state index >= 15 is 0 Å². The highest BCUT2D eigenvalue weighted by Crippen LogP contribution is 2.27. The van der Waals surface area contributed by atoms with Gasteiger partial charge in [0, 0.05) is 11.6 Å². The van der Waals surface area contributed by atoms with Crippen LogP contribution in [-0.2, 0) is 0 Å². The van der Waals surface area contributed by atoms with Crippen molar-refractivity contribution in [1.82, 2.24) is 5.32 Å². The molecule has 0 saturated carbocycles. The lowest BCUT2D eigenvalue weighted by Gasteiger charge is -2.16. The average molecular weight is 257 g/mol. The van der Waals surface area contributed by atoms with Crippen molar-refractivity contribution >= 4 is 11.3 Å². The van der Waals surface area contributed by atoms with Gasteiger partial charge in [0.1, 0.15) is 5.82 Å². The lowest BCUT2D eigenvalue weighted by molar-refractivity contribution is 0.483. The zero-order valence-electron chi connectivity index (χ0n) is 9.01.